The van der Waals surface area contributed by atoms with Crippen LogP contribution in [0.1, 0.15) is 64.2 Å². The van der Waals surface area contributed by atoms with Crippen molar-refractivity contribution in [1.82, 2.24) is 5.32 Å². The van der Waals surface area contributed by atoms with Crippen LogP contribution in [0.5, 0.6) is 0 Å². The van der Waals surface area contributed by atoms with E-state index in [1.165, 1.54) is 70.8 Å². The predicted molar refractivity (Wildman–Crippen MR) is 61.5 cm³/mol. The number of fused-ring (bicyclic) bond motifs is 3. The van der Waals surface area contributed by atoms with Crippen LogP contribution in [0.25, 0.3) is 0 Å². The van der Waals surface area contributed by atoms with E-state index in [2.05, 4.69) is 5.32 Å². The van der Waals surface area contributed by atoms with E-state index >= 15 is 0 Å². The van der Waals surface area contributed by atoms with Gasteiger partial charge in [0, 0.05) is 6.04 Å². The summed E-state index contributed by atoms with van der Waals surface area (Å²) in [6.07, 6.45) is 14.7. The van der Waals surface area contributed by atoms with Crippen LogP contribution in [0.3, 0.4) is 0 Å². The molecule has 0 aromatic rings. The lowest BCUT2D eigenvalue weighted by atomic mass is 9.94. The minimum absolute atomic E-state index is 0.855. The lowest BCUT2D eigenvalue weighted by Gasteiger charge is -2.19. The van der Waals surface area contributed by atoms with Gasteiger partial charge in [-0.25, -0.2) is 0 Å². The molecule has 0 amide bonds. The van der Waals surface area contributed by atoms with Crippen molar-refractivity contribution in [2.45, 2.75) is 70.3 Å². The van der Waals surface area contributed by atoms with Gasteiger partial charge in [-0.2, -0.15) is 0 Å². The summed E-state index contributed by atoms with van der Waals surface area (Å²) in [5.74, 6) is 0.994. The van der Waals surface area contributed by atoms with E-state index in [0.29, 0.717) is 0 Å². The van der Waals surface area contributed by atoms with Crippen LogP contribution in [-0.4, -0.2) is 12.6 Å². The maximum Gasteiger partial charge on any atom is 0.00671 e. The van der Waals surface area contributed by atoms with E-state index in [4.69, 9.17) is 0 Å². The topological polar surface area (TPSA) is 12.0 Å². The second-order valence-corrected chi connectivity index (χ2v) is 5.25. The molecular weight excluding hydrogens is 170 g/mol. The van der Waals surface area contributed by atoms with Crippen molar-refractivity contribution in [1.29, 1.82) is 0 Å². The molecular formula is C13H25N. The minimum atomic E-state index is 0.855. The van der Waals surface area contributed by atoms with Crippen LogP contribution in [-0.2, 0) is 0 Å². The Bertz CT molecular complexity index is 125. The average Bonchev–Trinajstić information content (AvgIpc) is 2.34. The van der Waals surface area contributed by atoms with E-state index in [1.54, 1.807) is 0 Å². The fraction of sp³-hybridized carbons (Fsp3) is 1.00. The molecule has 2 aliphatic heterocycles. The Balaban J connectivity index is 1.92. The molecule has 2 fully saturated rings. The molecule has 2 heterocycles. The van der Waals surface area contributed by atoms with Crippen LogP contribution in [0.4, 0.5) is 0 Å². The van der Waals surface area contributed by atoms with E-state index < -0.39 is 0 Å². The van der Waals surface area contributed by atoms with Crippen molar-refractivity contribution < 1.29 is 0 Å². The summed E-state index contributed by atoms with van der Waals surface area (Å²) in [6, 6.07) is 0.855. The third-order valence-electron chi connectivity index (χ3n) is 4.03. The van der Waals surface area contributed by atoms with Crippen LogP contribution in [0, 0.1) is 5.92 Å². The lowest BCUT2D eigenvalue weighted by molar-refractivity contribution is 0.392. The normalized spacial score (nSPS) is 36.0. The van der Waals surface area contributed by atoms with Gasteiger partial charge in [0.05, 0.1) is 0 Å². The zero-order chi connectivity index (χ0) is 9.64. The fourth-order valence-corrected chi connectivity index (χ4v) is 3.03. The monoisotopic (exact) mass is 195 g/mol. The highest BCUT2D eigenvalue weighted by Gasteiger charge is 2.16. The molecule has 1 heteroatoms. The molecule has 82 valence electrons. The quantitative estimate of drug-likeness (QED) is 0.624. The number of rotatable bonds is 0. The summed E-state index contributed by atoms with van der Waals surface area (Å²) >= 11 is 0. The lowest BCUT2D eigenvalue weighted by Crippen LogP contribution is -2.32. The maximum atomic E-state index is 3.80. The first-order chi connectivity index (χ1) is 6.95. The molecule has 1 nitrogen and oxygen atoms in total. The average molecular weight is 195 g/mol. The van der Waals surface area contributed by atoms with Crippen molar-refractivity contribution in [3.05, 3.63) is 0 Å². The molecule has 2 saturated heterocycles. The SMILES string of the molecule is C1CCC2CCCCCC(CC1)NC2. The Morgan fingerprint density at radius 1 is 0.643 bits per heavy atom. The summed E-state index contributed by atoms with van der Waals surface area (Å²) in [5, 5.41) is 3.80. The molecule has 0 atom stereocenters. The second kappa shape index (κ2) is 5.75. The molecule has 0 spiro atoms. The van der Waals surface area contributed by atoms with Gasteiger partial charge >= 0.3 is 0 Å². The maximum absolute atomic E-state index is 3.80. The number of nitrogens with one attached hydrogen (secondary N) is 1. The Hall–Kier alpha value is -0.0400. The minimum Gasteiger partial charge on any atom is -0.314 e. The van der Waals surface area contributed by atoms with Gasteiger partial charge in [0.15, 0.2) is 0 Å². The zero-order valence-corrected chi connectivity index (χ0v) is 9.43. The Morgan fingerprint density at radius 2 is 1.21 bits per heavy atom. The van der Waals surface area contributed by atoms with Crippen molar-refractivity contribution in [3.63, 3.8) is 0 Å². The highest BCUT2D eigenvalue weighted by Crippen LogP contribution is 2.23. The van der Waals surface area contributed by atoms with Gasteiger partial charge in [0.2, 0.25) is 0 Å². The fourth-order valence-electron chi connectivity index (χ4n) is 3.03. The second-order valence-electron chi connectivity index (χ2n) is 5.25. The Labute approximate surface area is 88.7 Å². The van der Waals surface area contributed by atoms with E-state index in [-0.39, 0.29) is 0 Å². The van der Waals surface area contributed by atoms with Crippen molar-refractivity contribution in [2.24, 2.45) is 5.92 Å². The smallest absolute Gasteiger partial charge is 0.00671 e. The standard InChI is InChI=1S/C13H25N/c1-3-7-12-8-4-2-6-10-13(9-5-1)14-11-12/h12-14H,1-11H2. The molecule has 2 bridgehead atoms. The first kappa shape index (κ1) is 10.5. The van der Waals surface area contributed by atoms with Gasteiger partial charge in [-0.1, -0.05) is 38.5 Å². The van der Waals surface area contributed by atoms with Crippen molar-refractivity contribution in [3.8, 4) is 0 Å². The Kier molecular flexibility index (Phi) is 4.30. The summed E-state index contributed by atoms with van der Waals surface area (Å²) in [4.78, 5) is 0. The molecule has 2 rings (SSSR count). The van der Waals surface area contributed by atoms with Gasteiger partial charge in [-0.15, -0.1) is 0 Å². The van der Waals surface area contributed by atoms with Crippen molar-refractivity contribution in [2.75, 3.05) is 6.54 Å². The third kappa shape index (κ3) is 3.27. The molecule has 1 N–H and O–H groups in total. The molecule has 14 heavy (non-hydrogen) atoms. The first-order valence-corrected chi connectivity index (χ1v) is 6.68. The molecule has 0 aliphatic carbocycles. The highest BCUT2D eigenvalue weighted by atomic mass is 14.9. The zero-order valence-electron chi connectivity index (χ0n) is 9.43. The highest BCUT2D eigenvalue weighted by molar-refractivity contribution is 4.75. The van der Waals surface area contributed by atoms with E-state index in [1.807, 2.05) is 0 Å². The molecule has 0 aromatic heterocycles. The van der Waals surface area contributed by atoms with Gasteiger partial charge in [-0.3, -0.25) is 0 Å². The Morgan fingerprint density at radius 3 is 1.86 bits per heavy atom. The summed E-state index contributed by atoms with van der Waals surface area (Å²) in [7, 11) is 0. The van der Waals surface area contributed by atoms with Crippen LogP contribution in [0.15, 0.2) is 0 Å². The first-order valence-electron chi connectivity index (χ1n) is 6.68. The molecule has 0 aromatic carbocycles. The van der Waals surface area contributed by atoms with Crippen LogP contribution >= 0.6 is 0 Å². The third-order valence-corrected chi connectivity index (χ3v) is 4.03. The van der Waals surface area contributed by atoms with Crippen molar-refractivity contribution >= 4 is 0 Å². The van der Waals surface area contributed by atoms with Gasteiger partial charge in [-0.05, 0) is 38.1 Å². The van der Waals surface area contributed by atoms with Crippen LogP contribution in [0.2, 0.25) is 0 Å². The summed E-state index contributed by atoms with van der Waals surface area (Å²) in [5.41, 5.74) is 0. The molecule has 0 radical (unpaired) electrons. The molecule has 0 saturated carbocycles. The van der Waals surface area contributed by atoms with E-state index in [9.17, 15) is 0 Å². The molecule has 0 unspecified atom stereocenters. The number of hydrogen-bond acceptors (Lipinski definition) is 1. The van der Waals surface area contributed by atoms with Gasteiger partial charge in [0.25, 0.3) is 0 Å². The van der Waals surface area contributed by atoms with E-state index in [0.717, 1.165) is 12.0 Å². The predicted octanol–water partition coefficient (Wildman–Crippen LogP) is 3.49. The molecule has 2 aliphatic rings. The number of hydrogen-bond donors (Lipinski definition) is 1. The largest absolute Gasteiger partial charge is 0.314 e. The van der Waals surface area contributed by atoms with Gasteiger partial charge in [0.1, 0.15) is 0 Å². The summed E-state index contributed by atoms with van der Waals surface area (Å²) in [6.45, 7) is 1.31. The van der Waals surface area contributed by atoms with Crippen LogP contribution < -0.4 is 5.32 Å². The van der Waals surface area contributed by atoms with Gasteiger partial charge < -0.3 is 5.32 Å². The summed E-state index contributed by atoms with van der Waals surface area (Å²) < 4.78 is 0.